The number of hydrogen-bond acceptors (Lipinski definition) is 1. The molecule has 0 N–H and O–H groups in total. The number of hydrogen-bond donors (Lipinski definition) is 0. The molecule has 0 radical (unpaired) electrons. The van der Waals surface area contributed by atoms with Crippen molar-refractivity contribution < 1.29 is 0 Å². The van der Waals surface area contributed by atoms with Crippen LogP contribution >= 0.6 is 0 Å². The van der Waals surface area contributed by atoms with Crippen LogP contribution in [0.5, 0.6) is 0 Å². The van der Waals surface area contributed by atoms with Crippen molar-refractivity contribution in [2.75, 3.05) is 6.54 Å². The Bertz CT molecular complexity index is 281. The smallest absolute Gasteiger partial charge is 0.0236 e. The highest BCUT2D eigenvalue weighted by molar-refractivity contribution is 5.14. The standard InChI is InChI=1S/C13H19N/c1-11-8-9-14(12(11)2)10-13-6-4-3-5-7-13/h3-7,11-12H,8-10H2,1-2H3/t11-,12+/m0/s1. The Balaban J connectivity index is 1.99. The largest absolute Gasteiger partial charge is 0.296 e. The molecule has 1 aromatic rings. The summed E-state index contributed by atoms with van der Waals surface area (Å²) in [4.78, 5) is 2.58. The van der Waals surface area contributed by atoms with Gasteiger partial charge in [0, 0.05) is 12.6 Å². The molecule has 0 unspecified atom stereocenters. The lowest BCUT2D eigenvalue weighted by molar-refractivity contribution is 0.239. The first-order chi connectivity index (χ1) is 6.77. The minimum Gasteiger partial charge on any atom is -0.296 e. The highest BCUT2D eigenvalue weighted by Gasteiger charge is 2.26. The molecule has 1 heteroatoms. The van der Waals surface area contributed by atoms with Crippen molar-refractivity contribution in [2.45, 2.75) is 32.9 Å². The summed E-state index contributed by atoms with van der Waals surface area (Å²) in [6.07, 6.45) is 1.36. The lowest BCUT2D eigenvalue weighted by Crippen LogP contribution is -2.28. The van der Waals surface area contributed by atoms with Crippen LogP contribution in [0.15, 0.2) is 30.3 Å². The molecule has 1 saturated heterocycles. The summed E-state index contributed by atoms with van der Waals surface area (Å²) >= 11 is 0. The normalized spacial score (nSPS) is 28.1. The van der Waals surface area contributed by atoms with E-state index in [1.54, 1.807) is 0 Å². The van der Waals surface area contributed by atoms with E-state index in [1.807, 2.05) is 0 Å². The topological polar surface area (TPSA) is 3.24 Å². The van der Waals surface area contributed by atoms with Crippen LogP contribution in [0.2, 0.25) is 0 Å². The first-order valence-electron chi connectivity index (χ1n) is 5.55. The van der Waals surface area contributed by atoms with Crippen LogP contribution in [0.3, 0.4) is 0 Å². The molecule has 1 aromatic carbocycles. The van der Waals surface area contributed by atoms with Crippen LogP contribution in [0, 0.1) is 5.92 Å². The molecule has 2 rings (SSSR count). The molecule has 0 saturated carbocycles. The summed E-state index contributed by atoms with van der Waals surface area (Å²) in [6.45, 7) is 7.08. The Labute approximate surface area is 86.7 Å². The first kappa shape index (κ1) is 9.72. The molecule has 1 nitrogen and oxygen atoms in total. The van der Waals surface area contributed by atoms with Gasteiger partial charge in [-0.1, -0.05) is 37.3 Å². The van der Waals surface area contributed by atoms with Crippen molar-refractivity contribution in [3.8, 4) is 0 Å². The zero-order valence-corrected chi connectivity index (χ0v) is 9.11. The Morgan fingerprint density at radius 3 is 2.50 bits per heavy atom. The quantitative estimate of drug-likeness (QED) is 0.691. The van der Waals surface area contributed by atoms with Crippen LogP contribution in [-0.2, 0) is 6.54 Å². The van der Waals surface area contributed by atoms with E-state index in [0.29, 0.717) is 0 Å². The van der Waals surface area contributed by atoms with Crippen molar-refractivity contribution >= 4 is 0 Å². The van der Waals surface area contributed by atoms with Gasteiger partial charge in [-0.15, -0.1) is 0 Å². The molecule has 1 fully saturated rings. The lowest BCUT2D eigenvalue weighted by atomic mass is 10.1. The third kappa shape index (κ3) is 1.98. The predicted molar refractivity (Wildman–Crippen MR) is 60.1 cm³/mol. The maximum atomic E-state index is 2.58. The van der Waals surface area contributed by atoms with E-state index in [1.165, 1.54) is 18.5 Å². The van der Waals surface area contributed by atoms with Crippen LogP contribution in [0.4, 0.5) is 0 Å². The number of likely N-dealkylation sites (tertiary alicyclic amines) is 1. The Morgan fingerprint density at radius 2 is 1.93 bits per heavy atom. The van der Waals surface area contributed by atoms with Gasteiger partial charge in [0.25, 0.3) is 0 Å². The van der Waals surface area contributed by atoms with Gasteiger partial charge in [-0.05, 0) is 31.4 Å². The molecule has 1 aliphatic heterocycles. The Hall–Kier alpha value is -0.820. The molecule has 2 atom stereocenters. The second-order valence-corrected chi connectivity index (χ2v) is 4.46. The van der Waals surface area contributed by atoms with Crippen molar-refractivity contribution in [1.29, 1.82) is 0 Å². The monoisotopic (exact) mass is 189 g/mol. The fraction of sp³-hybridized carbons (Fsp3) is 0.538. The van der Waals surface area contributed by atoms with E-state index >= 15 is 0 Å². The Morgan fingerprint density at radius 1 is 1.21 bits per heavy atom. The summed E-state index contributed by atoms with van der Waals surface area (Å²) in [5, 5.41) is 0. The molecule has 0 aliphatic carbocycles. The maximum Gasteiger partial charge on any atom is 0.0236 e. The van der Waals surface area contributed by atoms with Crippen molar-refractivity contribution in [3.05, 3.63) is 35.9 Å². The number of rotatable bonds is 2. The van der Waals surface area contributed by atoms with Gasteiger partial charge in [-0.2, -0.15) is 0 Å². The summed E-state index contributed by atoms with van der Waals surface area (Å²) in [6, 6.07) is 11.5. The van der Waals surface area contributed by atoms with Crippen molar-refractivity contribution in [1.82, 2.24) is 4.90 Å². The summed E-state index contributed by atoms with van der Waals surface area (Å²) in [7, 11) is 0. The lowest BCUT2D eigenvalue weighted by Gasteiger charge is -2.22. The van der Waals surface area contributed by atoms with Gasteiger partial charge in [0.15, 0.2) is 0 Å². The average Bonchev–Trinajstić information content (AvgIpc) is 2.52. The van der Waals surface area contributed by atoms with Crippen molar-refractivity contribution in [2.24, 2.45) is 5.92 Å². The van der Waals surface area contributed by atoms with E-state index in [9.17, 15) is 0 Å². The van der Waals surface area contributed by atoms with Gasteiger partial charge >= 0.3 is 0 Å². The minimum absolute atomic E-state index is 0.746. The molecule has 14 heavy (non-hydrogen) atoms. The van der Waals surface area contributed by atoms with Gasteiger partial charge in [0.1, 0.15) is 0 Å². The van der Waals surface area contributed by atoms with E-state index < -0.39 is 0 Å². The molecule has 1 aliphatic rings. The zero-order chi connectivity index (χ0) is 9.97. The molecular formula is C13H19N. The molecule has 0 amide bonds. The third-order valence-electron chi connectivity index (χ3n) is 3.50. The van der Waals surface area contributed by atoms with Gasteiger partial charge in [0.05, 0.1) is 0 Å². The second-order valence-electron chi connectivity index (χ2n) is 4.46. The third-order valence-corrected chi connectivity index (χ3v) is 3.50. The fourth-order valence-electron chi connectivity index (χ4n) is 2.22. The number of benzene rings is 1. The summed E-state index contributed by atoms with van der Waals surface area (Å²) < 4.78 is 0. The molecular weight excluding hydrogens is 170 g/mol. The average molecular weight is 189 g/mol. The fourth-order valence-corrected chi connectivity index (χ4v) is 2.22. The van der Waals surface area contributed by atoms with Gasteiger partial charge in [0.2, 0.25) is 0 Å². The first-order valence-corrected chi connectivity index (χ1v) is 5.55. The zero-order valence-electron chi connectivity index (χ0n) is 9.11. The second kappa shape index (κ2) is 4.14. The van der Waals surface area contributed by atoms with Crippen LogP contribution in [0.25, 0.3) is 0 Å². The molecule has 0 spiro atoms. The van der Waals surface area contributed by atoms with E-state index in [2.05, 4.69) is 49.1 Å². The Kier molecular flexibility index (Phi) is 2.87. The number of nitrogens with zero attached hydrogens (tertiary/aromatic N) is 1. The van der Waals surface area contributed by atoms with Crippen LogP contribution in [0.1, 0.15) is 25.8 Å². The van der Waals surface area contributed by atoms with Gasteiger partial charge in [-0.25, -0.2) is 0 Å². The summed E-state index contributed by atoms with van der Waals surface area (Å²) in [5.41, 5.74) is 1.44. The van der Waals surface area contributed by atoms with E-state index in [-0.39, 0.29) is 0 Å². The highest BCUT2D eigenvalue weighted by Crippen LogP contribution is 2.24. The summed E-state index contributed by atoms with van der Waals surface area (Å²) in [5.74, 6) is 0.860. The van der Waals surface area contributed by atoms with E-state index in [4.69, 9.17) is 0 Å². The van der Waals surface area contributed by atoms with E-state index in [0.717, 1.165) is 18.5 Å². The maximum absolute atomic E-state index is 2.58. The molecule has 1 heterocycles. The van der Waals surface area contributed by atoms with Crippen molar-refractivity contribution in [3.63, 3.8) is 0 Å². The molecule has 0 aromatic heterocycles. The van der Waals surface area contributed by atoms with Crippen LogP contribution < -0.4 is 0 Å². The van der Waals surface area contributed by atoms with Crippen LogP contribution in [-0.4, -0.2) is 17.5 Å². The predicted octanol–water partition coefficient (Wildman–Crippen LogP) is 2.92. The molecule has 76 valence electrons. The highest BCUT2D eigenvalue weighted by atomic mass is 15.2. The molecule has 0 bridgehead atoms. The SMILES string of the molecule is C[C@@H]1[C@@H](C)CCN1Cc1ccccc1. The van der Waals surface area contributed by atoms with Gasteiger partial charge < -0.3 is 0 Å². The van der Waals surface area contributed by atoms with Gasteiger partial charge in [-0.3, -0.25) is 4.90 Å². The minimum atomic E-state index is 0.746.